The van der Waals surface area contributed by atoms with Gasteiger partial charge in [0.2, 0.25) is 0 Å². The molecule has 1 N–H and O–H groups in total. The minimum absolute atomic E-state index is 0.652. The van der Waals surface area contributed by atoms with Crippen LogP contribution < -0.4 is 5.32 Å². The standard InChI is InChI=1S/C15H22BrN/c1-17-11-13(10-12-6-2-3-7-12)14-8-4-5-9-15(14)16/h4-5,8-9,12-13,17H,2-3,6-7,10-11H2,1H3. The molecule has 0 aromatic heterocycles. The SMILES string of the molecule is CNCC(CC1CCCC1)c1ccccc1Br. The molecule has 1 saturated carbocycles. The maximum absolute atomic E-state index is 3.69. The molecule has 1 atom stereocenters. The van der Waals surface area contributed by atoms with Crippen LogP contribution in [0.1, 0.15) is 43.6 Å². The van der Waals surface area contributed by atoms with Crippen LogP contribution in [0.4, 0.5) is 0 Å². The smallest absolute Gasteiger partial charge is 0.0210 e. The summed E-state index contributed by atoms with van der Waals surface area (Å²) in [5.74, 6) is 1.60. The molecule has 0 saturated heterocycles. The predicted octanol–water partition coefficient (Wildman–Crippen LogP) is 4.33. The van der Waals surface area contributed by atoms with Crippen LogP contribution in [0.2, 0.25) is 0 Å². The van der Waals surface area contributed by atoms with Crippen molar-refractivity contribution in [2.24, 2.45) is 5.92 Å². The quantitative estimate of drug-likeness (QED) is 0.852. The summed E-state index contributed by atoms with van der Waals surface area (Å²) in [7, 11) is 2.05. The van der Waals surface area contributed by atoms with E-state index < -0.39 is 0 Å². The van der Waals surface area contributed by atoms with Crippen LogP contribution in [-0.4, -0.2) is 13.6 Å². The first-order valence-corrected chi connectivity index (χ1v) is 7.49. The van der Waals surface area contributed by atoms with E-state index in [2.05, 4.69) is 52.6 Å². The Balaban J connectivity index is 2.08. The molecule has 2 heteroatoms. The number of halogens is 1. The van der Waals surface area contributed by atoms with Crippen LogP contribution in [0, 0.1) is 5.92 Å². The summed E-state index contributed by atoms with van der Waals surface area (Å²) >= 11 is 3.69. The van der Waals surface area contributed by atoms with Gasteiger partial charge in [0, 0.05) is 11.0 Å². The van der Waals surface area contributed by atoms with Crippen LogP contribution in [0.5, 0.6) is 0 Å². The third-order valence-corrected chi connectivity index (χ3v) is 4.61. The zero-order valence-corrected chi connectivity index (χ0v) is 12.2. The Hall–Kier alpha value is -0.340. The molecular weight excluding hydrogens is 274 g/mol. The van der Waals surface area contributed by atoms with Gasteiger partial charge in [-0.2, -0.15) is 0 Å². The van der Waals surface area contributed by atoms with Gasteiger partial charge in [0.1, 0.15) is 0 Å². The van der Waals surface area contributed by atoms with Gasteiger partial charge >= 0.3 is 0 Å². The second kappa shape index (κ2) is 6.55. The second-order valence-corrected chi connectivity index (χ2v) is 6.02. The van der Waals surface area contributed by atoms with Gasteiger partial charge in [-0.1, -0.05) is 59.8 Å². The number of likely N-dealkylation sites (N-methyl/N-ethyl adjacent to an activating group) is 1. The Bertz CT molecular complexity index is 345. The number of nitrogens with one attached hydrogen (secondary N) is 1. The molecule has 1 aliphatic rings. The van der Waals surface area contributed by atoms with Gasteiger partial charge in [-0.25, -0.2) is 0 Å². The molecule has 0 bridgehead atoms. The fourth-order valence-electron chi connectivity index (χ4n) is 3.02. The normalized spacial score (nSPS) is 18.5. The van der Waals surface area contributed by atoms with E-state index in [0.29, 0.717) is 5.92 Å². The lowest BCUT2D eigenvalue weighted by Crippen LogP contribution is -2.19. The highest BCUT2D eigenvalue weighted by atomic mass is 79.9. The second-order valence-electron chi connectivity index (χ2n) is 5.16. The van der Waals surface area contributed by atoms with Crippen molar-refractivity contribution in [2.75, 3.05) is 13.6 Å². The van der Waals surface area contributed by atoms with Gasteiger partial charge in [-0.05, 0) is 36.9 Å². The van der Waals surface area contributed by atoms with Crippen molar-refractivity contribution in [3.8, 4) is 0 Å². The first-order valence-electron chi connectivity index (χ1n) is 6.70. The van der Waals surface area contributed by atoms with Crippen LogP contribution in [0.25, 0.3) is 0 Å². The Kier molecular flexibility index (Phi) is 5.05. The van der Waals surface area contributed by atoms with Crippen molar-refractivity contribution in [1.82, 2.24) is 5.32 Å². The molecule has 1 nitrogen and oxygen atoms in total. The molecule has 0 amide bonds. The Labute approximate surface area is 113 Å². The summed E-state index contributed by atoms with van der Waals surface area (Å²) in [5.41, 5.74) is 1.47. The van der Waals surface area contributed by atoms with Crippen molar-refractivity contribution >= 4 is 15.9 Å². The Morgan fingerprint density at radius 3 is 2.65 bits per heavy atom. The fourth-order valence-corrected chi connectivity index (χ4v) is 3.63. The van der Waals surface area contributed by atoms with E-state index in [0.717, 1.165) is 12.5 Å². The van der Waals surface area contributed by atoms with E-state index in [-0.39, 0.29) is 0 Å². The van der Waals surface area contributed by atoms with Crippen LogP contribution >= 0.6 is 15.9 Å². The lowest BCUT2D eigenvalue weighted by Gasteiger charge is -2.22. The van der Waals surface area contributed by atoms with E-state index in [9.17, 15) is 0 Å². The largest absolute Gasteiger partial charge is 0.319 e. The molecule has 0 heterocycles. The first kappa shape index (κ1) is 13.1. The highest BCUT2D eigenvalue weighted by Gasteiger charge is 2.21. The maximum Gasteiger partial charge on any atom is 0.0210 e. The van der Waals surface area contributed by atoms with E-state index in [4.69, 9.17) is 0 Å². The topological polar surface area (TPSA) is 12.0 Å². The summed E-state index contributed by atoms with van der Waals surface area (Å²) in [4.78, 5) is 0. The van der Waals surface area contributed by atoms with Gasteiger partial charge in [0.25, 0.3) is 0 Å². The molecule has 0 radical (unpaired) electrons. The zero-order valence-electron chi connectivity index (χ0n) is 10.6. The Morgan fingerprint density at radius 2 is 2.00 bits per heavy atom. The number of hydrogen-bond donors (Lipinski definition) is 1. The summed E-state index contributed by atoms with van der Waals surface area (Å²) < 4.78 is 1.26. The van der Waals surface area contributed by atoms with Gasteiger partial charge < -0.3 is 5.32 Å². The zero-order chi connectivity index (χ0) is 12.1. The maximum atomic E-state index is 3.69. The van der Waals surface area contributed by atoms with Crippen molar-refractivity contribution < 1.29 is 0 Å². The third kappa shape index (κ3) is 3.56. The third-order valence-electron chi connectivity index (χ3n) is 3.89. The van der Waals surface area contributed by atoms with Crippen molar-refractivity contribution in [3.63, 3.8) is 0 Å². The lowest BCUT2D eigenvalue weighted by molar-refractivity contribution is 0.434. The monoisotopic (exact) mass is 295 g/mol. The molecule has 1 aliphatic carbocycles. The minimum atomic E-state index is 0.652. The van der Waals surface area contributed by atoms with Crippen LogP contribution in [-0.2, 0) is 0 Å². The van der Waals surface area contributed by atoms with Gasteiger partial charge in [0.05, 0.1) is 0 Å². The molecule has 17 heavy (non-hydrogen) atoms. The summed E-state index contributed by atoms with van der Waals surface area (Å²) in [6.07, 6.45) is 7.08. The fraction of sp³-hybridized carbons (Fsp3) is 0.600. The van der Waals surface area contributed by atoms with Crippen molar-refractivity contribution in [1.29, 1.82) is 0 Å². The average Bonchev–Trinajstić information content (AvgIpc) is 2.82. The first-order chi connectivity index (χ1) is 8.31. The lowest BCUT2D eigenvalue weighted by atomic mass is 9.88. The van der Waals surface area contributed by atoms with E-state index in [1.165, 1.54) is 42.1 Å². The van der Waals surface area contributed by atoms with Crippen LogP contribution in [0.3, 0.4) is 0 Å². The summed E-state index contributed by atoms with van der Waals surface area (Å²) in [6.45, 7) is 1.08. The van der Waals surface area contributed by atoms with E-state index in [1.807, 2.05) is 0 Å². The molecule has 0 spiro atoms. The van der Waals surface area contributed by atoms with Crippen LogP contribution in [0.15, 0.2) is 28.7 Å². The van der Waals surface area contributed by atoms with Crippen molar-refractivity contribution in [3.05, 3.63) is 34.3 Å². The van der Waals surface area contributed by atoms with Gasteiger partial charge in [-0.15, -0.1) is 0 Å². The highest BCUT2D eigenvalue weighted by molar-refractivity contribution is 9.10. The summed E-state index contributed by atoms with van der Waals surface area (Å²) in [5, 5.41) is 3.35. The molecule has 1 fully saturated rings. The molecule has 1 aromatic carbocycles. The van der Waals surface area contributed by atoms with Gasteiger partial charge in [-0.3, -0.25) is 0 Å². The molecular formula is C15H22BrN. The molecule has 94 valence electrons. The summed E-state index contributed by atoms with van der Waals surface area (Å²) in [6, 6.07) is 8.67. The molecule has 1 unspecified atom stereocenters. The van der Waals surface area contributed by atoms with Crippen molar-refractivity contribution in [2.45, 2.75) is 38.0 Å². The molecule has 0 aliphatic heterocycles. The van der Waals surface area contributed by atoms with Gasteiger partial charge in [0.15, 0.2) is 0 Å². The number of rotatable bonds is 5. The minimum Gasteiger partial charge on any atom is -0.319 e. The van der Waals surface area contributed by atoms with E-state index >= 15 is 0 Å². The number of hydrogen-bond acceptors (Lipinski definition) is 1. The Morgan fingerprint density at radius 1 is 1.29 bits per heavy atom. The predicted molar refractivity (Wildman–Crippen MR) is 77.4 cm³/mol. The molecule has 1 aromatic rings. The number of benzene rings is 1. The highest BCUT2D eigenvalue weighted by Crippen LogP contribution is 2.35. The molecule has 2 rings (SSSR count). The average molecular weight is 296 g/mol. The van der Waals surface area contributed by atoms with E-state index in [1.54, 1.807) is 0 Å².